The number of benzene rings is 1. The molecule has 0 aliphatic carbocycles. The Labute approximate surface area is 122 Å². The van der Waals surface area contributed by atoms with E-state index in [1.54, 1.807) is 0 Å². The van der Waals surface area contributed by atoms with Gasteiger partial charge in [-0.1, -0.05) is 19.4 Å². The Hall–Kier alpha value is -1.28. The van der Waals surface area contributed by atoms with Crippen LogP contribution < -0.4 is 5.32 Å². The minimum Gasteiger partial charge on any atom is -0.464 e. The lowest BCUT2D eigenvalue weighted by atomic mass is 10.0. The molecule has 1 aromatic carbocycles. The normalized spacial score (nSPS) is 12.2. The molecule has 1 heterocycles. The number of aryl methyl sites for hydroxylation is 1. The zero-order valence-electron chi connectivity index (χ0n) is 13.3. The van der Waals surface area contributed by atoms with Crippen molar-refractivity contribution < 1.29 is 4.42 Å². The fourth-order valence-corrected chi connectivity index (χ4v) is 2.43. The molecule has 0 amide bonds. The maximum atomic E-state index is 5.66. The van der Waals surface area contributed by atoms with Gasteiger partial charge < -0.3 is 9.73 Å². The topological polar surface area (TPSA) is 25.2 Å². The quantitative estimate of drug-likeness (QED) is 0.825. The molecule has 2 heteroatoms. The Morgan fingerprint density at radius 2 is 1.95 bits per heavy atom. The first-order valence-electron chi connectivity index (χ1n) is 7.73. The third-order valence-electron chi connectivity index (χ3n) is 3.59. The first kappa shape index (κ1) is 15.1. The SMILES string of the molecule is CCCCc1ccc2occ(CCNC(C)(C)C)c2c1. The lowest BCUT2D eigenvalue weighted by Crippen LogP contribution is -2.37. The molecule has 0 spiro atoms. The third-order valence-corrected chi connectivity index (χ3v) is 3.59. The van der Waals surface area contributed by atoms with Crippen LogP contribution in [0.2, 0.25) is 0 Å². The first-order valence-corrected chi connectivity index (χ1v) is 7.73. The van der Waals surface area contributed by atoms with Gasteiger partial charge in [0.1, 0.15) is 5.58 Å². The van der Waals surface area contributed by atoms with Gasteiger partial charge in [-0.2, -0.15) is 0 Å². The van der Waals surface area contributed by atoms with Crippen LogP contribution in [0.25, 0.3) is 11.0 Å². The van der Waals surface area contributed by atoms with Crippen LogP contribution in [0.5, 0.6) is 0 Å². The molecule has 0 aliphatic heterocycles. The molecular formula is C18H27NO. The lowest BCUT2D eigenvalue weighted by molar-refractivity contribution is 0.429. The van der Waals surface area contributed by atoms with Crippen molar-refractivity contribution in [3.05, 3.63) is 35.6 Å². The van der Waals surface area contributed by atoms with Gasteiger partial charge in [-0.05, 0) is 69.8 Å². The molecule has 0 fully saturated rings. The number of hydrogen-bond acceptors (Lipinski definition) is 2. The average Bonchev–Trinajstić information content (AvgIpc) is 2.78. The van der Waals surface area contributed by atoms with E-state index in [-0.39, 0.29) is 5.54 Å². The Kier molecular flexibility index (Phi) is 4.87. The van der Waals surface area contributed by atoms with Crippen molar-refractivity contribution in [2.24, 2.45) is 0 Å². The summed E-state index contributed by atoms with van der Waals surface area (Å²) in [5.74, 6) is 0. The second-order valence-electron chi connectivity index (χ2n) is 6.62. The molecule has 0 unspecified atom stereocenters. The van der Waals surface area contributed by atoms with E-state index in [9.17, 15) is 0 Å². The van der Waals surface area contributed by atoms with Gasteiger partial charge in [0.05, 0.1) is 6.26 Å². The summed E-state index contributed by atoms with van der Waals surface area (Å²) in [7, 11) is 0. The summed E-state index contributed by atoms with van der Waals surface area (Å²) in [5, 5.41) is 4.82. The Morgan fingerprint density at radius 1 is 1.15 bits per heavy atom. The Balaban J connectivity index is 2.08. The van der Waals surface area contributed by atoms with Crippen LogP contribution >= 0.6 is 0 Å². The highest BCUT2D eigenvalue weighted by molar-refractivity contribution is 5.81. The molecule has 0 bridgehead atoms. The van der Waals surface area contributed by atoms with E-state index < -0.39 is 0 Å². The van der Waals surface area contributed by atoms with Crippen LogP contribution in [-0.4, -0.2) is 12.1 Å². The van der Waals surface area contributed by atoms with Crippen molar-refractivity contribution in [2.75, 3.05) is 6.54 Å². The van der Waals surface area contributed by atoms with E-state index >= 15 is 0 Å². The summed E-state index contributed by atoms with van der Waals surface area (Å²) in [6.07, 6.45) is 6.59. The van der Waals surface area contributed by atoms with Crippen molar-refractivity contribution >= 4 is 11.0 Å². The van der Waals surface area contributed by atoms with Crippen molar-refractivity contribution in [2.45, 2.75) is 58.9 Å². The predicted molar refractivity (Wildman–Crippen MR) is 86.3 cm³/mol. The average molecular weight is 273 g/mol. The summed E-state index contributed by atoms with van der Waals surface area (Å²) in [6.45, 7) is 9.81. The molecule has 0 saturated carbocycles. The van der Waals surface area contributed by atoms with E-state index in [2.05, 4.69) is 51.2 Å². The van der Waals surface area contributed by atoms with Crippen molar-refractivity contribution in [1.29, 1.82) is 0 Å². The maximum absolute atomic E-state index is 5.66. The third kappa shape index (κ3) is 4.11. The zero-order chi connectivity index (χ0) is 14.6. The molecule has 110 valence electrons. The van der Waals surface area contributed by atoms with E-state index in [0.29, 0.717) is 0 Å². The van der Waals surface area contributed by atoms with Crippen LogP contribution in [0.1, 0.15) is 51.7 Å². The number of nitrogens with one attached hydrogen (secondary N) is 1. The van der Waals surface area contributed by atoms with Gasteiger partial charge in [-0.15, -0.1) is 0 Å². The summed E-state index contributed by atoms with van der Waals surface area (Å²) < 4.78 is 5.66. The highest BCUT2D eigenvalue weighted by atomic mass is 16.3. The Morgan fingerprint density at radius 3 is 2.65 bits per heavy atom. The molecule has 2 rings (SSSR count). The van der Waals surface area contributed by atoms with Gasteiger partial charge in [0, 0.05) is 10.9 Å². The van der Waals surface area contributed by atoms with Gasteiger partial charge in [-0.3, -0.25) is 0 Å². The van der Waals surface area contributed by atoms with Crippen molar-refractivity contribution in [1.82, 2.24) is 5.32 Å². The summed E-state index contributed by atoms with van der Waals surface area (Å²) in [4.78, 5) is 0. The predicted octanol–water partition coefficient (Wildman–Crippen LogP) is 4.71. The first-order chi connectivity index (χ1) is 9.49. The molecule has 20 heavy (non-hydrogen) atoms. The molecule has 0 saturated heterocycles. The van der Waals surface area contributed by atoms with Gasteiger partial charge >= 0.3 is 0 Å². The monoisotopic (exact) mass is 273 g/mol. The van der Waals surface area contributed by atoms with Crippen LogP contribution in [0.4, 0.5) is 0 Å². The molecule has 1 N–H and O–H groups in total. The van der Waals surface area contributed by atoms with Gasteiger partial charge in [0.25, 0.3) is 0 Å². The van der Waals surface area contributed by atoms with Gasteiger partial charge in [-0.25, -0.2) is 0 Å². The number of unbranched alkanes of at least 4 members (excludes halogenated alkanes) is 1. The molecule has 2 aromatic rings. The number of rotatable bonds is 6. The van der Waals surface area contributed by atoms with E-state index in [0.717, 1.165) is 25.0 Å². The molecule has 0 aliphatic rings. The van der Waals surface area contributed by atoms with E-state index in [1.807, 2.05) is 6.26 Å². The van der Waals surface area contributed by atoms with Crippen molar-refractivity contribution in [3.8, 4) is 0 Å². The maximum Gasteiger partial charge on any atom is 0.134 e. The Bertz CT molecular complexity index is 548. The minimum atomic E-state index is 0.172. The molecule has 2 nitrogen and oxygen atoms in total. The van der Waals surface area contributed by atoms with Gasteiger partial charge in [0.2, 0.25) is 0 Å². The van der Waals surface area contributed by atoms with Gasteiger partial charge in [0.15, 0.2) is 0 Å². The fraction of sp³-hybridized carbons (Fsp3) is 0.556. The van der Waals surface area contributed by atoms with Crippen LogP contribution in [0.3, 0.4) is 0 Å². The highest BCUT2D eigenvalue weighted by Crippen LogP contribution is 2.23. The summed E-state index contributed by atoms with van der Waals surface area (Å²) in [6, 6.07) is 6.61. The van der Waals surface area contributed by atoms with Crippen molar-refractivity contribution in [3.63, 3.8) is 0 Å². The summed E-state index contributed by atoms with van der Waals surface area (Å²) in [5.41, 5.74) is 3.92. The standard InChI is InChI=1S/C18H27NO/c1-5-6-7-14-8-9-17-16(12-14)15(13-20-17)10-11-19-18(2,3)4/h8-9,12-13,19H,5-7,10-11H2,1-4H3. The fourth-order valence-electron chi connectivity index (χ4n) is 2.43. The van der Waals surface area contributed by atoms with E-state index in [1.165, 1.54) is 29.4 Å². The lowest BCUT2D eigenvalue weighted by Gasteiger charge is -2.20. The highest BCUT2D eigenvalue weighted by Gasteiger charge is 2.10. The number of hydrogen-bond donors (Lipinski definition) is 1. The van der Waals surface area contributed by atoms with E-state index in [4.69, 9.17) is 4.42 Å². The van der Waals surface area contributed by atoms with Crippen LogP contribution in [-0.2, 0) is 12.8 Å². The summed E-state index contributed by atoms with van der Waals surface area (Å²) >= 11 is 0. The molecular weight excluding hydrogens is 246 g/mol. The second kappa shape index (κ2) is 6.45. The smallest absolute Gasteiger partial charge is 0.134 e. The molecule has 1 aromatic heterocycles. The minimum absolute atomic E-state index is 0.172. The van der Waals surface area contributed by atoms with Crippen LogP contribution in [0.15, 0.2) is 28.9 Å². The number of fused-ring (bicyclic) bond motifs is 1. The largest absolute Gasteiger partial charge is 0.464 e. The van der Waals surface area contributed by atoms with Crippen LogP contribution in [0, 0.1) is 0 Å². The zero-order valence-corrected chi connectivity index (χ0v) is 13.3. The number of furan rings is 1. The second-order valence-corrected chi connectivity index (χ2v) is 6.62. The molecule has 0 radical (unpaired) electrons. The molecule has 0 atom stereocenters.